The van der Waals surface area contributed by atoms with Gasteiger partial charge in [0.05, 0.1) is 12.1 Å². The van der Waals surface area contributed by atoms with Gasteiger partial charge in [-0.2, -0.15) is 0 Å². The highest BCUT2D eigenvalue weighted by Gasteiger charge is 2.28. The van der Waals surface area contributed by atoms with E-state index in [9.17, 15) is 4.79 Å². The molecule has 4 nitrogen and oxygen atoms in total. The molecule has 0 spiro atoms. The van der Waals surface area contributed by atoms with Gasteiger partial charge in [-0.1, -0.05) is 44.2 Å². The molecule has 1 aromatic rings. The van der Waals surface area contributed by atoms with E-state index in [0.29, 0.717) is 13.2 Å². The third-order valence-corrected chi connectivity index (χ3v) is 3.47. The van der Waals surface area contributed by atoms with Crippen molar-refractivity contribution in [2.45, 2.75) is 32.9 Å². The molecule has 1 unspecified atom stereocenters. The summed E-state index contributed by atoms with van der Waals surface area (Å²) in [4.78, 5) is 11.8. The Balaban J connectivity index is 2.36. The molecule has 4 heteroatoms. The first-order valence-corrected chi connectivity index (χ1v) is 6.60. The molecular weight excluding hydrogens is 240 g/mol. The Morgan fingerprint density at radius 1 is 1.37 bits per heavy atom. The number of carbonyl (C=O) groups is 1. The Hall–Kier alpha value is -1.39. The summed E-state index contributed by atoms with van der Waals surface area (Å²) in [5, 5.41) is 2.94. The Morgan fingerprint density at radius 2 is 2.00 bits per heavy atom. The fourth-order valence-electron chi connectivity index (χ4n) is 1.62. The van der Waals surface area contributed by atoms with E-state index in [1.165, 1.54) is 0 Å². The molecule has 0 fully saturated rings. The van der Waals surface area contributed by atoms with Crippen molar-refractivity contribution in [2.75, 3.05) is 13.2 Å². The topological polar surface area (TPSA) is 64.3 Å². The molecule has 0 saturated carbocycles. The van der Waals surface area contributed by atoms with E-state index in [-0.39, 0.29) is 24.0 Å². The summed E-state index contributed by atoms with van der Waals surface area (Å²) >= 11 is 0. The second kappa shape index (κ2) is 7.26. The molecule has 19 heavy (non-hydrogen) atoms. The number of carbonyl (C=O) groups excluding carboxylic acids is 1. The van der Waals surface area contributed by atoms with Gasteiger partial charge in [0.15, 0.2) is 0 Å². The van der Waals surface area contributed by atoms with Crippen molar-refractivity contribution in [1.82, 2.24) is 5.32 Å². The Bertz CT molecular complexity index is 392. The summed E-state index contributed by atoms with van der Waals surface area (Å²) in [6.45, 7) is 6.93. The normalized spacial score (nSPS) is 14.2. The third kappa shape index (κ3) is 5.01. The minimum atomic E-state index is -0.382. The average Bonchev–Trinajstić information content (AvgIpc) is 2.39. The molecular formula is C15H24N2O2. The molecule has 0 aliphatic rings. The van der Waals surface area contributed by atoms with Crippen LogP contribution in [-0.2, 0) is 16.1 Å². The van der Waals surface area contributed by atoms with Crippen LogP contribution in [0.15, 0.2) is 30.3 Å². The van der Waals surface area contributed by atoms with Crippen LogP contribution < -0.4 is 11.1 Å². The van der Waals surface area contributed by atoms with Crippen molar-refractivity contribution >= 4 is 5.91 Å². The van der Waals surface area contributed by atoms with Crippen LogP contribution in [0.4, 0.5) is 0 Å². The zero-order valence-corrected chi connectivity index (χ0v) is 12.0. The monoisotopic (exact) mass is 264 g/mol. The van der Waals surface area contributed by atoms with Gasteiger partial charge in [0, 0.05) is 6.54 Å². The summed E-state index contributed by atoms with van der Waals surface area (Å²) in [6, 6.07) is 9.78. The van der Waals surface area contributed by atoms with Crippen molar-refractivity contribution in [3.05, 3.63) is 35.9 Å². The number of rotatable bonds is 7. The summed E-state index contributed by atoms with van der Waals surface area (Å²) in [7, 11) is 0. The predicted molar refractivity (Wildman–Crippen MR) is 76.5 cm³/mol. The molecule has 0 heterocycles. The minimum absolute atomic E-state index is 0.0528. The Kier molecular flexibility index (Phi) is 5.99. The lowest BCUT2D eigenvalue weighted by Gasteiger charge is -2.33. The number of hydrogen-bond acceptors (Lipinski definition) is 3. The SMILES string of the molecule is CC(C)C(C)(CN)NC(=O)COCc1ccccc1. The molecule has 3 N–H and O–H groups in total. The summed E-state index contributed by atoms with van der Waals surface area (Å²) in [5.74, 6) is 0.146. The first-order valence-electron chi connectivity index (χ1n) is 6.60. The highest BCUT2D eigenvalue weighted by molar-refractivity contribution is 5.78. The summed E-state index contributed by atoms with van der Waals surface area (Å²) in [6.07, 6.45) is 0. The predicted octanol–water partition coefficient (Wildman–Crippen LogP) is 1.69. The van der Waals surface area contributed by atoms with Gasteiger partial charge in [-0.25, -0.2) is 0 Å². The van der Waals surface area contributed by atoms with Crippen LogP contribution in [0, 0.1) is 5.92 Å². The minimum Gasteiger partial charge on any atom is -0.367 e. The standard InChI is InChI=1S/C15H24N2O2/c1-12(2)15(3,11-16)17-14(18)10-19-9-13-7-5-4-6-8-13/h4-8,12H,9-11,16H2,1-3H3,(H,17,18). The van der Waals surface area contributed by atoms with Crippen molar-refractivity contribution < 1.29 is 9.53 Å². The van der Waals surface area contributed by atoms with E-state index < -0.39 is 0 Å². The molecule has 1 rings (SSSR count). The summed E-state index contributed by atoms with van der Waals surface area (Å²) < 4.78 is 5.40. The van der Waals surface area contributed by atoms with Gasteiger partial charge in [-0.05, 0) is 18.4 Å². The number of benzene rings is 1. The molecule has 1 amide bonds. The van der Waals surface area contributed by atoms with Crippen LogP contribution in [0.3, 0.4) is 0 Å². The van der Waals surface area contributed by atoms with Gasteiger partial charge in [0.2, 0.25) is 5.91 Å². The quantitative estimate of drug-likeness (QED) is 0.787. The zero-order valence-electron chi connectivity index (χ0n) is 12.0. The second-order valence-corrected chi connectivity index (χ2v) is 5.30. The van der Waals surface area contributed by atoms with E-state index in [1.807, 2.05) is 51.1 Å². The van der Waals surface area contributed by atoms with Crippen molar-refractivity contribution in [3.8, 4) is 0 Å². The highest BCUT2D eigenvalue weighted by atomic mass is 16.5. The Labute approximate surface area is 115 Å². The summed E-state index contributed by atoms with van der Waals surface area (Å²) in [5.41, 5.74) is 6.39. The lowest BCUT2D eigenvalue weighted by molar-refractivity contribution is -0.128. The van der Waals surface area contributed by atoms with Crippen LogP contribution in [-0.4, -0.2) is 24.6 Å². The van der Waals surface area contributed by atoms with Crippen LogP contribution in [0.25, 0.3) is 0 Å². The van der Waals surface area contributed by atoms with Gasteiger partial charge >= 0.3 is 0 Å². The maximum atomic E-state index is 11.8. The molecule has 0 radical (unpaired) electrons. The van der Waals surface area contributed by atoms with Gasteiger partial charge in [0.1, 0.15) is 6.61 Å². The fourth-order valence-corrected chi connectivity index (χ4v) is 1.62. The molecule has 106 valence electrons. The number of amides is 1. The first-order chi connectivity index (χ1) is 8.98. The van der Waals surface area contributed by atoms with E-state index >= 15 is 0 Å². The Morgan fingerprint density at radius 3 is 2.53 bits per heavy atom. The second-order valence-electron chi connectivity index (χ2n) is 5.30. The van der Waals surface area contributed by atoms with Gasteiger partial charge in [0.25, 0.3) is 0 Å². The van der Waals surface area contributed by atoms with Gasteiger partial charge in [-0.3, -0.25) is 4.79 Å². The lowest BCUT2D eigenvalue weighted by Crippen LogP contribution is -2.55. The molecule has 1 aromatic carbocycles. The molecule has 0 aliphatic heterocycles. The van der Waals surface area contributed by atoms with Crippen molar-refractivity contribution in [1.29, 1.82) is 0 Å². The van der Waals surface area contributed by atoms with Crippen LogP contribution in [0.5, 0.6) is 0 Å². The first kappa shape index (κ1) is 15.7. The lowest BCUT2D eigenvalue weighted by atomic mass is 9.88. The van der Waals surface area contributed by atoms with Crippen LogP contribution in [0.1, 0.15) is 26.3 Å². The largest absolute Gasteiger partial charge is 0.367 e. The average molecular weight is 264 g/mol. The number of nitrogens with one attached hydrogen (secondary N) is 1. The number of hydrogen-bond donors (Lipinski definition) is 2. The van der Waals surface area contributed by atoms with Crippen molar-refractivity contribution in [3.63, 3.8) is 0 Å². The van der Waals surface area contributed by atoms with E-state index in [4.69, 9.17) is 10.5 Å². The molecule has 1 atom stereocenters. The number of ether oxygens (including phenoxy) is 1. The highest BCUT2D eigenvalue weighted by Crippen LogP contribution is 2.14. The molecule has 0 bridgehead atoms. The van der Waals surface area contributed by atoms with Gasteiger partial charge < -0.3 is 15.8 Å². The van der Waals surface area contributed by atoms with Crippen LogP contribution in [0.2, 0.25) is 0 Å². The number of nitrogens with two attached hydrogens (primary N) is 1. The smallest absolute Gasteiger partial charge is 0.246 e. The molecule has 0 aliphatic carbocycles. The van der Waals surface area contributed by atoms with Crippen molar-refractivity contribution in [2.24, 2.45) is 11.7 Å². The fraction of sp³-hybridized carbons (Fsp3) is 0.533. The van der Waals surface area contributed by atoms with Gasteiger partial charge in [-0.15, -0.1) is 0 Å². The van der Waals surface area contributed by atoms with E-state index in [0.717, 1.165) is 5.56 Å². The van der Waals surface area contributed by atoms with E-state index in [1.54, 1.807) is 0 Å². The van der Waals surface area contributed by atoms with Crippen LogP contribution >= 0.6 is 0 Å². The third-order valence-electron chi connectivity index (χ3n) is 3.47. The zero-order chi connectivity index (χ0) is 14.3. The molecule has 0 aromatic heterocycles. The maximum absolute atomic E-state index is 11.8. The maximum Gasteiger partial charge on any atom is 0.246 e. The van der Waals surface area contributed by atoms with E-state index in [2.05, 4.69) is 5.32 Å². The molecule has 0 saturated heterocycles.